The predicted octanol–water partition coefficient (Wildman–Crippen LogP) is 3.09. The maximum Gasteiger partial charge on any atom is 0.346 e. The van der Waals surface area contributed by atoms with Crippen molar-refractivity contribution in [2.45, 2.75) is 6.92 Å². The first-order chi connectivity index (χ1) is 11.7. The maximum absolute atomic E-state index is 12.7. The van der Waals surface area contributed by atoms with Gasteiger partial charge in [0.1, 0.15) is 0 Å². The van der Waals surface area contributed by atoms with Crippen LogP contribution >= 0.6 is 0 Å². The molecule has 8 heteroatoms. The Morgan fingerprint density at radius 3 is 2.30 bits per heavy atom. The van der Waals surface area contributed by atoms with E-state index in [-0.39, 0.29) is 0 Å². The van der Waals surface area contributed by atoms with Crippen molar-refractivity contribution in [1.82, 2.24) is 0 Å². The summed E-state index contributed by atoms with van der Waals surface area (Å²) in [6, 6.07) is 5.89. The van der Waals surface area contributed by atoms with E-state index in [0.29, 0.717) is 11.8 Å². The number of hydrogen-bond donors (Lipinski definition) is 0. The number of para-hydroxylation sites is 1. The third kappa shape index (κ3) is 3.15. The minimum absolute atomic E-state index is 0.493. The minimum atomic E-state index is -1.11. The van der Waals surface area contributed by atoms with Gasteiger partial charge < -0.3 is 4.90 Å². The molecule has 0 saturated carbocycles. The number of anilines is 1. The van der Waals surface area contributed by atoms with E-state index in [1.807, 2.05) is 0 Å². The smallest absolute Gasteiger partial charge is 0.311 e. The third-order valence-electron chi connectivity index (χ3n) is 3.21. The Morgan fingerprint density at radius 2 is 1.74 bits per heavy atom. The van der Waals surface area contributed by atoms with Crippen LogP contribution in [0.25, 0.3) is 0 Å². The van der Waals surface area contributed by atoms with Crippen molar-refractivity contribution in [2.75, 3.05) is 11.9 Å². The van der Waals surface area contributed by atoms with E-state index < -0.39 is 44.8 Å². The summed E-state index contributed by atoms with van der Waals surface area (Å²) in [5, 5.41) is 22.1. The molecule has 0 aliphatic heterocycles. The molecular formula is C15H13N3O5. The Hall–Kier alpha value is -3.29. The third-order valence-corrected chi connectivity index (χ3v) is 3.21. The molecule has 0 aliphatic carbocycles. The molecular weight excluding hydrogens is 302 g/mol. The van der Waals surface area contributed by atoms with Crippen LogP contribution in [0.3, 0.4) is 0 Å². The van der Waals surface area contributed by atoms with E-state index in [4.69, 9.17) is 2.74 Å². The zero-order chi connectivity index (χ0) is 18.9. The van der Waals surface area contributed by atoms with E-state index in [0.717, 1.165) is 10.5 Å². The Kier molecular flexibility index (Phi) is 3.62. The second-order valence-electron chi connectivity index (χ2n) is 4.69. The number of carbonyl (C=O) groups excluding carboxylic acids is 1. The van der Waals surface area contributed by atoms with Crippen LogP contribution < -0.4 is 4.90 Å². The molecule has 118 valence electrons. The standard InChI is InChI=1S/C15H13N3O5/c1-10-5-3-4-6-12(10)16(2)15(19)11-7-8-13(17(20)21)14(9-11)18(22)23/h3-9H,1-2H3/i7T,9T. The lowest BCUT2D eigenvalue weighted by Crippen LogP contribution is -2.27. The van der Waals surface area contributed by atoms with Crippen LogP contribution in [-0.2, 0) is 0 Å². The molecule has 0 bridgehead atoms. The second kappa shape index (κ2) is 6.22. The first-order valence-corrected chi connectivity index (χ1v) is 6.43. The number of rotatable bonds is 4. The zero-order valence-corrected chi connectivity index (χ0v) is 12.3. The van der Waals surface area contributed by atoms with E-state index in [1.54, 1.807) is 31.2 Å². The van der Waals surface area contributed by atoms with Crippen LogP contribution in [-0.4, -0.2) is 22.8 Å². The summed E-state index contributed by atoms with van der Waals surface area (Å²) in [6.45, 7) is 1.75. The molecule has 23 heavy (non-hydrogen) atoms. The number of aryl methyl sites for hydroxylation is 1. The molecule has 2 aromatic rings. The van der Waals surface area contributed by atoms with E-state index >= 15 is 0 Å². The molecule has 0 spiro atoms. The normalized spacial score (nSPS) is 11.4. The first-order valence-electron chi connectivity index (χ1n) is 7.43. The van der Waals surface area contributed by atoms with Crippen molar-refractivity contribution in [3.8, 4) is 0 Å². The number of nitro benzene ring substituents is 2. The highest BCUT2D eigenvalue weighted by atomic mass is 16.6. The molecule has 0 fully saturated rings. The van der Waals surface area contributed by atoms with Gasteiger partial charge in [0.05, 0.1) is 12.6 Å². The van der Waals surface area contributed by atoms with Gasteiger partial charge in [-0.25, -0.2) is 0 Å². The van der Waals surface area contributed by atoms with Crippen LogP contribution in [0.5, 0.6) is 0 Å². The van der Waals surface area contributed by atoms with Gasteiger partial charge >= 0.3 is 11.4 Å². The lowest BCUT2D eigenvalue weighted by molar-refractivity contribution is -0.422. The highest BCUT2D eigenvalue weighted by Gasteiger charge is 2.27. The topological polar surface area (TPSA) is 107 Å². The minimum Gasteiger partial charge on any atom is -0.311 e. The Balaban J connectivity index is 2.65. The van der Waals surface area contributed by atoms with Gasteiger partial charge in [0.25, 0.3) is 5.91 Å². The molecule has 1 amide bonds. The molecule has 0 aliphatic rings. The molecule has 0 aromatic heterocycles. The summed E-state index contributed by atoms with van der Waals surface area (Å²) in [5.41, 5.74) is -1.43. The quantitative estimate of drug-likeness (QED) is 0.635. The van der Waals surface area contributed by atoms with Crippen molar-refractivity contribution >= 4 is 23.0 Å². The number of nitrogens with zero attached hydrogens (tertiary/aromatic N) is 3. The van der Waals surface area contributed by atoms with Gasteiger partial charge in [-0.1, -0.05) is 18.2 Å². The lowest BCUT2D eigenvalue weighted by atomic mass is 10.1. The first kappa shape index (κ1) is 13.4. The Morgan fingerprint density at radius 1 is 1.13 bits per heavy atom. The van der Waals surface area contributed by atoms with E-state index in [9.17, 15) is 25.0 Å². The Labute approximate surface area is 134 Å². The summed E-state index contributed by atoms with van der Waals surface area (Å²) >= 11 is 0. The van der Waals surface area contributed by atoms with E-state index in [1.165, 1.54) is 7.05 Å². The van der Waals surface area contributed by atoms with Crippen molar-refractivity contribution in [2.24, 2.45) is 0 Å². The fourth-order valence-corrected chi connectivity index (χ4v) is 2.04. The van der Waals surface area contributed by atoms with Gasteiger partial charge in [-0.3, -0.25) is 25.0 Å². The Bertz CT molecular complexity index is 901. The summed E-state index contributed by atoms with van der Waals surface area (Å²) < 4.78 is 15.7. The predicted molar refractivity (Wildman–Crippen MR) is 83.7 cm³/mol. The van der Waals surface area contributed by atoms with Crippen LogP contribution in [0.2, 0.25) is 0 Å². The fourth-order valence-electron chi connectivity index (χ4n) is 2.04. The van der Waals surface area contributed by atoms with Crippen LogP contribution in [0.15, 0.2) is 42.4 Å². The van der Waals surface area contributed by atoms with Crippen LogP contribution in [0.4, 0.5) is 17.1 Å². The van der Waals surface area contributed by atoms with Gasteiger partial charge in [-0.05, 0) is 24.6 Å². The highest BCUT2D eigenvalue weighted by molar-refractivity contribution is 6.06. The van der Waals surface area contributed by atoms with Gasteiger partial charge in [0.2, 0.25) is 0 Å². The SMILES string of the molecule is [3H]c1cc([N+](=O)[O-])c([N+](=O)[O-])c([3H])c1C(=O)N(C)c1ccccc1C. The molecule has 0 saturated heterocycles. The maximum atomic E-state index is 12.7. The summed E-state index contributed by atoms with van der Waals surface area (Å²) in [4.78, 5) is 33.8. The van der Waals surface area contributed by atoms with Crippen LogP contribution in [0.1, 0.15) is 18.7 Å². The van der Waals surface area contributed by atoms with Crippen LogP contribution in [0, 0.1) is 27.2 Å². The van der Waals surface area contributed by atoms with Gasteiger partial charge in [-0.15, -0.1) is 0 Å². The molecule has 0 atom stereocenters. The highest BCUT2D eigenvalue weighted by Crippen LogP contribution is 2.29. The van der Waals surface area contributed by atoms with Crippen molar-refractivity contribution in [1.29, 1.82) is 0 Å². The number of benzene rings is 2. The van der Waals surface area contributed by atoms with Crippen molar-refractivity contribution < 1.29 is 17.4 Å². The fraction of sp³-hybridized carbons (Fsp3) is 0.133. The average Bonchev–Trinajstić information content (AvgIpc) is 2.53. The summed E-state index contributed by atoms with van der Waals surface area (Å²) in [5.74, 6) is -0.831. The van der Waals surface area contributed by atoms with Gasteiger partial charge in [-0.2, -0.15) is 0 Å². The molecule has 0 N–H and O–H groups in total. The molecule has 2 rings (SSSR count). The average molecular weight is 319 g/mol. The monoisotopic (exact) mass is 319 g/mol. The van der Waals surface area contributed by atoms with Gasteiger partial charge in [0, 0.05) is 30.4 Å². The number of amides is 1. The van der Waals surface area contributed by atoms with Crippen molar-refractivity contribution in [3.05, 3.63) is 73.8 Å². The second-order valence-corrected chi connectivity index (χ2v) is 4.69. The number of carbonyl (C=O) groups is 1. The van der Waals surface area contributed by atoms with Gasteiger partial charge in [0.15, 0.2) is 0 Å². The molecule has 8 nitrogen and oxygen atoms in total. The number of hydrogen-bond acceptors (Lipinski definition) is 5. The summed E-state index contributed by atoms with van der Waals surface area (Å²) in [6.07, 6.45) is 0. The molecule has 2 aromatic carbocycles. The van der Waals surface area contributed by atoms with E-state index in [2.05, 4.69) is 0 Å². The molecule has 0 unspecified atom stereocenters. The largest absolute Gasteiger partial charge is 0.346 e. The zero-order valence-electron chi connectivity index (χ0n) is 14.3. The van der Waals surface area contributed by atoms with Crippen molar-refractivity contribution in [3.63, 3.8) is 0 Å². The number of nitro groups is 2. The summed E-state index contributed by atoms with van der Waals surface area (Å²) in [7, 11) is 1.40. The molecule has 0 heterocycles. The molecule has 0 radical (unpaired) electrons. The lowest BCUT2D eigenvalue weighted by Gasteiger charge is -2.19.